The summed E-state index contributed by atoms with van der Waals surface area (Å²) in [5, 5.41) is 0. The second-order valence-electron chi connectivity index (χ2n) is 6.49. The first-order valence-electron chi connectivity index (χ1n) is 8.86. The minimum absolute atomic E-state index is 0.138. The van der Waals surface area contributed by atoms with E-state index in [0.717, 1.165) is 24.9 Å². The molecule has 1 atom stereocenters. The van der Waals surface area contributed by atoms with Gasteiger partial charge in [-0.05, 0) is 30.0 Å². The minimum Gasteiger partial charge on any atom is -0.385 e. The Morgan fingerprint density at radius 2 is 1.88 bits per heavy atom. The zero-order chi connectivity index (χ0) is 17.6. The number of methoxy groups -OCH3 is 1. The van der Waals surface area contributed by atoms with Crippen LogP contribution in [0.1, 0.15) is 23.6 Å². The molecule has 0 aromatic heterocycles. The number of likely N-dealkylation sites (N-methyl/N-ethyl adjacent to an activating group) is 1. The van der Waals surface area contributed by atoms with Crippen molar-refractivity contribution in [1.82, 2.24) is 4.90 Å². The van der Waals surface area contributed by atoms with Crippen molar-refractivity contribution in [2.24, 2.45) is 0 Å². The number of para-hydroxylation sites is 1. The first-order valence-corrected chi connectivity index (χ1v) is 8.86. The fourth-order valence-corrected chi connectivity index (χ4v) is 3.49. The minimum atomic E-state index is -0.280. The van der Waals surface area contributed by atoms with Gasteiger partial charge in [0.25, 0.3) is 0 Å². The average Bonchev–Trinajstić information content (AvgIpc) is 3.07. The van der Waals surface area contributed by atoms with Crippen LogP contribution >= 0.6 is 0 Å². The number of carbonyl (C=O) groups is 1. The van der Waals surface area contributed by atoms with Crippen LogP contribution in [0, 0.1) is 0 Å². The van der Waals surface area contributed by atoms with E-state index in [2.05, 4.69) is 23.1 Å². The molecule has 1 aliphatic rings. The molecule has 0 aliphatic carbocycles. The van der Waals surface area contributed by atoms with Crippen molar-refractivity contribution < 1.29 is 9.53 Å². The number of hydrogen-bond acceptors (Lipinski definition) is 3. The van der Waals surface area contributed by atoms with Gasteiger partial charge in [0.1, 0.15) is 6.04 Å². The van der Waals surface area contributed by atoms with E-state index in [4.69, 9.17) is 4.74 Å². The lowest BCUT2D eigenvalue weighted by Crippen LogP contribution is -2.41. The molecule has 2 aromatic rings. The molecule has 4 heteroatoms. The Balaban J connectivity index is 1.88. The van der Waals surface area contributed by atoms with Gasteiger partial charge in [-0.15, -0.1) is 0 Å². The number of anilines is 1. The molecule has 0 saturated heterocycles. The Labute approximate surface area is 150 Å². The Morgan fingerprint density at radius 1 is 1.16 bits per heavy atom. The van der Waals surface area contributed by atoms with E-state index in [1.54, 1.807) is 7.11 Å². The third kappa shape index (κ3) is 3.85. The number of fused-ring (bicyclic) bond motifs is 1. The van der Waals surface area contributed by atoms with Crippen molar-refractivity contribution in [3.05, 3.63) is 65.7 Å². The third-order valence-corrected chi connectivity index (χ3v) is 4.80. The van der Waals surface area contributed by atoms with E-state index in [1.807, 2.05) is 48.3 Å². The molecule has 0 radical (unpaired) electrons. The predicted octanol–water partition coefficient (Wildman–Crippen LogP) is 3.29. The van der Waals surface area contributed by atoms with Crippen molar-refractivity contribution in [2.45, 2.75) is 18.9 Å². The molecule has 0 N–H and O–H groups in total. The molecule has 3 rings (SSSR count). The number of ether oxygens (including phenoxy) is 1. The molecule has 4 nitrogen and oxygen atoms in total. The maximum absolute atomic E-state index is 13.3. The standard InChI is InChI=1S/C21H26N2O2/c1-22(14-8-16-25-2)21(24)20(18-10-4-3-5-11-18)23-15-13-17-9-6-7-12-19(17)23/h3-7,9-12,20H,8,13-16H2,1-2H3. The molecule has 0 spiro atoms. The largest absolute Gasteiger partial charge is 0.385 e. The Hall–Kier alpha value is -2.33. The SMILES string of the molecule is COCCCN(C)C(=O)C(c1ccccc1)N1CCc2ccccc21. The van der Waals surface area contributed by atoms with E-state index in [1.165, 1.54) is 11.3 Å². The van der Waals surface area contributed by atoms with E-state index in [9.17, 15) is 4.79 Å². The zero-order valence-corrected chi connectivity index (χ0v) is 15.0. The predicted molar refractivity (Wildman–Crippen MR) is 101 cm³/mol. The third-order valence-electron chi connectivity index (χ3n) is 4.80. The molecule has 2 aromatic carbocycles. The molecule has 0 fully saturated rings. The molecule has 1 unspecified atom stereocenters. The topological polar surface area (TPSA) is 32.8 Å². The van der Waals surface area contributed by atoms with Gasteiger partial charge in [-0.25, -0.2) is 0 Å². The van der Waals surface area contributed by atoms with E-state index in [0.29, 0.717) is 13.2 Å². The Morgan fingerprint density at radius 3 is 2.64 bits per heavy atom. The maximum atomic E-state index is 13.3. The lowest BCUT2D eigenvalue weighted by Gasteiger charge is -2.33. The van der Waals surface area contributed by atoms with Gasteiger partial charge in [0.05, 0.1) is 0 Å². The molecule has 1 aliphatic heterocycles. The lowest BCUT2D eigenvalue weighted by atomic mass is 10.0. The molecule has 132 valence electrons. The summed E-state index contributed by atoms with van der Waals surface area (Å²) < 4.78 is 5.11. The highest BCUT2D eigenvalue weighted by molar-refractivity contribution is 5.87. The van der Waals surface area contributed by atoms with Crippen LogP contribution in [0.25, 0.3) is 0 Å². The summed E-state index contributed by atoms with van der Waals surface area (Å²) >= 11 is 0. The fraction of sp³-hybridized carbons (Fsp3) is 0.381. The smallest absolute Gasteiger partial charge is 0.249 e. The van der Waals surface area contributed by atoms with Crippen molar-refractivity contribution in [2.75, 3.05) is 38.8 Å². The van der Waals surface area contributed by atoms with Crippen LogP contribution in [-0.2, 0) is 16.0 Å². The van der Waals surface area contributed by atoms with Crippen molar-refractivity contribution in [3.63, 3.8) is 0 Å². The molecular weight excluding hydrogens is 312 g/mol. The number of carbonyl (C=O) groups excluding carboxylic acids is 1. The van der Waals surface area contributed by atoms with Crippen LogP contribution < -0.4 is 4.90 Å². The van der Waals surface area contributed by atoms with E-state index in [-0.39, 0.29) is 11.9 Å². The van der Waals surface area contributed by atoms with Crippen LogP contribution in [0.4, 0.5) is 5.69 Å². The van der Waals surface area contributed by atoms with Gasteiger partial charge >= 0.3 is 0 Å². The van der Waals surface area contributed by atoms with Gasteiger partial charge in [0.15, 0.2) is 0 Å². The van der Waals surface area contributed by atoms with Crippen molar-refractivity contribution in [3.8, 4) is 0 Å². The van der Waals surface area contributed by atoms with E-state index < -0.39 is 0 Å². The molecule has 25 heavy (non-hydrogen) atoms. The van der Waals surface area contributed by atoms with Gasteiger partial charge in [0, 0.05) is 39.5 Å². The number of benzene rings is 2. The average molecular weight is 338 g/mol. The molecule has 0 saturated carbocycles. The summed E-state index contributed by atoms with van der Waals surface area (Å²) in [5.74, 6) is 0.138. The highest BCUT2D eigenvalue weighted by atomic mass is 16.5. The summed E-state index contributed by atoms with van der Waals surface area (Å²) in [7, 11) is 3.58. The summed E-state index contributed by atoms with van der Waals surface area (Å²) in [6, 6.07) is 18.2. The second kappa shape index (κ2) is 8.17. The van der Waals surface area contributed by atoms with Gasteiger partial charge in [0.2, 0.25) is 5.91 Å². The first-order chi connectivity index (χ1) is 12.2. The Bertz CT molecular complexity index is 702. The van der Waals surface area contributed by atoms with Crippen LogP contribution in [0.3, 0.4) is 0 Å². The van der Waals surface area contributed by atoms with Gasteiger partial charge < -0.3 is 14.5 Å². The van der Waals surface area contributed by atoms with E-state index >= 15 is 0 Å². The normalized spacial score (nSPS) is 14.2. The number of hydrogen-bond donors (Lipinski definition) is 0. The van der Waals surface area contributed by atoms with Crippen molar-refractivity contribution >= 4 is 11.6 Å². The van der Waals surface area contributed by atoms with Gasteiger partial charge in [-0.3, -0.25) is 4.79 Å². The lowest BCUT2D eigenvalue weighted by molar-refractivity contribution is -0.131. The van der Waals surface area contributed by atoms with Crippen molar-refractivity contribution in [1.29, 1.82) is 0 Å². The summed E-state index contributed by atoms with van der Waals surface area (Å²) in [4.78, 5) is 17.4. The molecule has 1 heterocycles. The summed E-state index contributed by atoms with van der Waals surface area (Å²) in [6.07, 6.45) is 1.83. The van der Waals surface area contributed by atoms with Crippen LogP contribution in [0.2, 0.25) is 0 Å². The van der Waals surface area contributed by atoms with Crippen LogP contribution in [0.5, 0.6) is 0 Å². The summed E-state index contributed by atoms with van der Waals surface area (Å²) in [6.45, 7) is 2.24. The fourth-order valence-electron chi connectivity index (χ4n) is 3.49. The first kappa shape index (κ1) is 17.5. The highest BCUT2D eigenvalue weighted by Crippen LogP contribution is 2.35. The number of nitrogens with zero attached hydrogens (tertiary/aromatic N) is 2. The highest BCUT2D eigenvalue weighted by Gasteiger charge is 2.33. The van der Waals surface area contributed by atoms with Gasteiger partial charge in [-0.1, -0.05) is 48.5 Å². The molecule has 0 bridgehead atoms. The Kier molecular flexibility index (Phi) is 5.71. The molecular formula is C21H26N2O2. The number of amides is 1. The second-order valence-corrected chi connectivity index (χ2v) is 6.49. The zero-order valence-electron chi connectivity index (χ0n) is 15.0. The van der Waals surface area contributed by atoms with Crippen LogP contribution in [-0.4, -0.2) is 44.7 Å². The summed E-state index contributed by atoms with van der Waals surface area (Å²) in [5.41, 5.74) is 3.54. The molecule has 1 amide bonds. The van der Waals surface area contributed by atoms with Crippen LogP contribution in [0.15, 0.2) is 54.6 Å². The van der Waals surface area contributed by atoms with Gasteiger partial charge in [-0.2, -0.15) is 0 Å². The number of rotatable bonds is 7. The maximum Gasteiger partial charge on any atom is 0.249 e. The monoisotopic (exact) mass is 338 g/mol. The quantitative estimate of drug-likeness (QED) is 0.726.